The third-order valence-corrected chi connectivity index (χ3v) is 2.90. The van der Waals surface area contributed by atoms with Crippen LogP contribution in [0.25, 0.3) is 0 Å². The molecule has 1 unspecified atom stereocenters. The lowest BCUT2D eigenvalue weighted by atomic mass is 9.92. The number of hydrogen-bond acceptors (Lipinski definition) is 1. The SMILES string of the molecule is CC(=O)C[C@@H](F)C(C)Cc1ccccc1C. The third-order valence-electron chi connectivity index (χ3n) is 2.90. The number of Topliss-reactive ketones (excluding diaryl/α,β-unsaturated/α-hetero) is 1. The number of carbonyl (C=O) groups is 1. The van der Waals surface area contributed by atoms with Gasteiger partial charge in [0.25, 0.3) is 0 Å². The van der Waals surface area contributed by atoms with Gasteiger partial charge in [-0.25, -0.2) is 4.39 Å². The van der Waals surface area contributed by atoms with Crippen molar-refractivity contribution in [3.05, 3.63) is 35.4 Å². The summed E-state index contributed by atoms with van der Waals surface area (Å²) in [4.78, 5) is 10.8. The second-order valence-electron chi connectivity index (χ2n) is 4.53. The summed E-state index contributed by atoms with van der Waals surface area (Å²) in [5.41, 5.74) is 2.35. The van der Waals surface area contributed by atoms with E-state index < -0.39 is 6.17 Å². The predicted octanol–water partition coefficient (Wildman–Crippen LogP) is 3.49. The van der Waals surface area contributed by atoms with Crippen LogP contribution in [0.2, 0.25) is 0 Å². The summed E-state index contributed by atoms with van der Waals surface area (Å²) in [6.45, 7) is 5.33. The Kier molecular flexibility index (Phi) is 4.66. The molecule has 88 valence electrons. The topological polar surface area (TPSA) is 17.1 Å². The second-order valence-corrected chi connectivity index (χ2v) is 4.53. The number of alkyl halides is 1. The fourth-order valence-corrected chi connectivity index (χ4v) is 1.79. The lowest BCUT2D eigenvalue weighted by Gasteiger charge is -2.16. The molecule has 2 atom stereocenters. The Hall–Kier alpha value is -1.18. The maximum atomic E-state index is 13.6. The standard InChI is InChI=1S/C14H19FO/c1-10-6-4-5-7-13(10)8-11(2)14(15)9-12(3)16/h4-7,11,14H,8-9H2,1-3H3/t11?,14-/m1/s1. The highest BCUT2D eigenvalue weighted by molar-refractivity contribution is 5.75. The van der Waals surface area contributed by atoms with Gasteiger partial charge in [-0.15, -0.1) is 0 Å². The molecule has 1 aromatic rings. The first-order valence-corrected chi connectivity index (χ1v) is 5.68. The highest BCUT2D eigenvalue weighted by atomic mass is 19.1. The van der Waals surface area contributed by atoms with Crippen LogP contribution < -0.4 is 0 Å². The smallest absolute Gasteiger partial charge is 0.132 e. The average Bonchev–Trinajstić information content (AvgIpc) is 2.20. The quantitative estimate of drug-likeness (QED) is 0.745. The van der Waals surface area contributed by atoms with Crippen molar-refractivity contribution in [3.8, 4) is 0 Å². The van der Waals surface area contributed by atoms with Crippen LogP contribution in [0.15, 0.2) is 24.3 Å². The molecule has 0 radical (unpaired) electrons. The molecule has 0 N–H and O–H groups in total. The van der Waals surface area contributed by atoms with E-state index in [-0.39, 0.29) is 18.1 Å². The Morgan fingerprint density at radius 3 is 2.56 bits per heavy atom. The largest absolute Gasteiger partial charge is 0.300 e. The maximum Gasteiger partial charge on any atom is 0.132 e. The Morgan fingerprint density at radius 1 is 1.38 bits per heavy atom. The highest BCUT2D eigenvalue weighted by Gasteiger charge is 2.18. The van der Waals surface area contributed by atoms with E-state index in [1.54, 1.807) is 0 Å². The Bertz CT molecular complexity index is 360. The third kappa shape index (κ3) is 3.76. The molecule has 0 aliphatic carbocycles. The zero-order valence-corrected chi connectivity index (χ0v) is 10.2. The van der Waals surface area contributed by atoms with Crippen LogP contribution in [-0.2, 0) is 11.2 Å². The van der Waals surface area contributed by atoms with Gasteiger partial charge in [0.1, 0.15) is 12.0 Å². The van der Waals surface area contributed by atoms with Crippen LogP contribution in [0.3, 0.4) is 0 Å². The molecule has 1 rings (SSSR count). The molecule has 0 saturated carbocycles. The molecular weight excluding hydrogens is 203 g/mol. The molecular formula is C14H19FO. The minimum atomic E-state index is -1.03. The lowest BCUT2D eigenvalue weighted by Crippen LogP contribution is -2.18. The highest BCUT2D eigenvalue weighted by Crippen LogP contribution is 2.19. The molecule has 0 aliphatic rings. The van der Waals surface area contributed by atoms with Crippen LogP contribution in [0, 0.1) is 12.8 Å². The fraction of sp³-hybridized carbons (Fsp3) is 0.500. The summed E-state index contributed by atoms with van der Waals surface area (Å²) in [7, 11) is 0. The van der Waals surface area contributed by atoms with Crippen molar-refractivity contribution in [2.75, 3.05) is 0 Å². The summed E-state index contributed by atoms with van der Waals surface area (Å²) in [5.74, 6) is -0.186. The van der Waals surface area contributed by atoms with Gasteiger partial charge in [-0.1, -0.05) is 31.2 Å². The summed E-state index contributed by atoms with van der Waals surface area (Å²) >= 11 is 0. The number of benzene rings is 1. The van der Waals surface area contributed by atoms with Gasteiger partial charge in [0.15, 0.2) is 0 Å². The molecule has 0 saturated heterocycles. The summed E-state index contributed by atoms with van der Waals surface area (Å²) < 4.78 is 13.6. The number of hydrogen-bond donors (Lipinski definition) is 0. The summed E-state index contributed by atoms with van der Waals surface area (Å²) in [6, 6.07) is 7.99. The molecule has 1 nitrogen and oxygen atoms in total. The van der Waals surface area contributed by atoms with Gasteiger partial charge in [0, 0.05) is 6.42 Å². The van der Waals surface area contributed by atoms with Crippen LogP contribution in [-0.4, -0.2) is 12.0 Å². The van der Waals surface area contributed by atoms with Gasteiger partial charge in [-0.3, -0.25) is 4.79 Å². The molecule has 0 heterocycles. The van der Waals surface area contributed by atoms with Crippen LogP contribution in [0.5, 0.6) is 0 Å². The van der Waals surface area contributed by atoms with Gasteiger partial charge in [-0.2, -0.15) is 0 Å². The average molecular weight is 222 g/mol. The number of carbonyl (C=O) groups excluding carboxylic acids is 1. The molecule has 2 heteroatoms. The van der Waals surface area contributed by atoms with Gasteiger partial charge in [-0.05, 0) is 37.3 Å². The molecule has 1 aromatic carbocycles. The number of ketones is 1. The van der Waals surface area contributed by atoms with E-state index >= 15 is 0 Å². The van der Waals surface area contributed by atoms with E-state index in [0.717, 1.165) is 0 Å². The molecule has 0 fully saturated rings. The second kappa shape index (κ2) is 5.78. The van der Waals surface area contributed by atoms with Gasteiger partial charge in [0.2, 0.25) is 0 Å². The van der Waals surface area contributed by atoms with E-state index in [2.05, 4.69) is 0 Å². The normalized spacial score (nSPS) is 14.5. The first-order chi connectivity index (χ1) is 7.50. The minimum Gasteiger partial charge on any atom is -0.300 e. The van der Waals surface area contributed by atoms with Crippen molar-refractivity contribution >= 4 is 5.78 Å². The monoisotopic (exact) mass is 222 g/mol. The van der Waals surface area contributed by atoms with Crippen molar-refractivity contribution < 1.29 is 9.18 Å². The molecule has 0 spiro atoms. The Morgan fingerprint density at radius 2 is 2.00 bits per heavy atom. The molecule has 0 bridgehead atoms. The number of halogens is 1. The Labute approximate surface area is 96.7 Å². The van der Waals surface area contributed by atoms with Crippen LogP contribution in [0.1, 0.15) is 31.4 Å². The maximum absolute atomic E-state index is 13.6. The summed E-state index contributed by atoms with van der Waals surface area (Å²) in [6.07, 6.45) is -0.300. The van der Waals surface area contributed by atoms with Crippen LogP contribution in [0.4, 0.5) is 4.39 Å². The van der Waals surface area contributed by atoms with Crippen molar-refractivity contribution in [1.29, 1.82) is 0 Å². The van der Waals surface area contributed by atoms with Gasteiger partial charge in [0.05, 0.1) is 0 Å². The summed E-state index contributed by atoms with van der Waals surface area (Å²) in [5, 5.41) is 0. The van der Waals surface area contributed by atoms with Gasteiger partial charge < -0.3 is 0 Å². The van der Waals surface area contributed by atoms with Crippen molar-refractivity contribution in [1.82, 2.24) is 0 Å². The first-order valence-electron chi connectivity index (χ1n) is 5.68. The Balaban J connectivity index is 2.60. The zero-order valence-electron chi connectivity index (χ0n) is 10.2. The number of aryl methyl sites for hydroxylation is 1. The molecule has 0 amide bonds. The van der Waals surface area contributed by atoms with Crippen molar-refractivity contribution in [2.24, 2.45) is 5.92 Å². The fourth-order valence-electron chi connectivity index (χ4n) is 1.79. The van der Waals surface area contributed by atoms with E-state index in [9.17, 15) is 9.18 Å². The van der Waals surface area contributed by atoms with E-state index in [4.69, 9.17) is 0 Å². The first kappa shape index (κ1) is 12.9. The minimum absolute atomic E-state index is 0.0348. The zero-order chi connectivity index (χ0) is 12.1. The van der Waals surface area contributed by atoms with Crippen LogP contribution >= 0.6 is 0 Å². The van der Waals surface area contributed by atoms with Gasteiger partial charge >= 0.3 is 0 Å². The molecule has 16 heavy (non-hydrogen) atoms. The lowest BCUT2D eigenvalue weighted by molar-refractivity contribution is -0.118. The molecule has 0 aromatic heterocycles. The van der Waals surface area contributed by atoms with Crippen molar-refractivity contribution in [2.45, 2.75) is 39.8 Å². The predicted molar refractivity (Wildman–Crippen MR) is 64.2 cm³/mol. The van der Waals surface area contributed by atoms with E-state index in [0.29, 0.717) is 6.42 Å². The van der Waals surface area contributed by atoms with E-state index in [1.807, 2.05) is 38.1 Å². The van der Waals surface area contributed by atoms with E-state index in [1.165, 1.54) is 18.1 Å². The molecule has 0 aliphatic heterocycles. The number of rotatable bonds is 5. The van der Waals surface area contributed by atoms with Crippen molar-refractivity contribution in [3.63, 3.8) is 0 Å².